The highest BCUT2D eigenvalue weighted by Gasteiger charge is 2.10. The summed E-state index contributed by atoms with van der Waals surface area (Å²) in [6.45, 7) is 2.77. The van der Waals surface area contributed by atoms with E-state index in [1.807, 2.05) is 6.07 Å². The summed E-state index contributed by atoms with van der Waals surface area (Å²) in [6, 6.07) is 8.28. The average Bonchev–Trinajstić information content (AvgIpc) is 2.78. The number of hydrogen-bond donors (Lipinski definition) is 1. The highest BCUT2D eigenvalue weighted by Crippen LogP contribution is 2.24. The number of anilines is 1. The van der Waals surface area contributed by atoms with Gasteiger partial charge in [-0.05, 0) is 30.2 Å². The first-order chi connectivity index (χ1) is 8.65. The Balaban J connectivity index is 1.86. The van der Waals surface area contributed by atoms with Crippen LogP contribution in [-0.2, 0) is 6.42 Å². The minimum absolute atomic E-state index is 0.0630. The molecule has 1 N–H and O–H groups in total. The molecule has 0 amide bonds. The van der Waals surface area contributed by atoms with E-state index in [2.05, 4.69) is 35.4 Å². The predicted molar refractivity (Wildman–Crippen MR) is 72.1 cm³/mol. The van der Waals surface area contributed by atoms with Crippen LogP contribution in [-0.4, -0.2) is 16.5 Å². The van der Waals surface area contributed by atoms with Gasteiger partial charge in [-0.3, -0.25) is 10.1 Å². The van der Waals surface area contributed by atoms with Crippen molar-refractivity contribution in [2.24, 2.45) is 0 Å². The molecule has 5 nitrogen and oxygen atoms in total. The lowest BCUT2D eigenvalue weighted by Gasteiger charge is -2.03. The largest absolute Gasteiger partial charge is 0.361 e. The monoisotopic (exact) mass is 263 g/mol. The van der Waals surface area contributed by atoms with Crippen LogP contribution in [0, 0.1) is 17.0 Å². The standard InChI is InChI=1S/C12H13N3O2S/c1-9-3-2-4-10(7-9)5-6-13-12-14-8-11(18-12)15(16)17/h2-4,7-8H,5-6H2,1H3,(H,13,14). The number of thiazole rings is 1. The highest BCUT2D eigenvalue weighted by molar-refractivity contribution is 7.18. The third kappa shape index (κ3) is 3.27. The molecular weight excluding hydrogens is 250 g/mol. The minimum atomic E-state index is -0.427. The molecule has 1 aromatic heterocycles. The Morgan fingerprint density at radius 2 is 2.33 bits per heavy atom. The first-order valence-corrected chi connectivity index (χ1v) is 6.36. The summed E-state index contributed by atoms with van der Waals surface area (Å²) in [7, 11) is 0. The van der Waals surface area contributed by atoms with E-state index >= 15 is 0 Å². The molecule has 6 heteroatoms. The molecule has 0 aliphatic rings. The Kier molecular flexibility index (Phi) is 3.88. The topological polar surface area (TPSA) is 68.1 Å². The Morgan fingerprint density at radius 3 is 3.00 bits per heavy atom. The van der Waals surface area contributed by atoms with Crippen molar-refractivity contribution in [1.82, 2.24) is 4.98 Å². The van der Waals surface area contributed by atoms with Crippen molar-refractivity contribution < 1.29 is 4.92 Å². The van der Waals surface area contributed by atoms with E-state index in [-0.39, 0.29) is 5.00 Å². The maximum atomic E-state index is 10.5. The Morgan fingerprint density at radius 1 is 1.50 bits per heavy atom. The third-order valence-corrected chi connectivity index (χ3v) is 3.35. The van der Waals surface area contributed by atoms with Gasteiger partial charge >= 0.3 is 5.00 Å². The van der Waals surface area contributed by atoms with Crippen molar-refractivity contribution >= 4 is 21.5 Å². The summed E-state index contributed by atoms with van der Waals surface area (Å²) in [5, 5.41) is 14.2. The lowest BCUT2D eigenvalue weighted by Crippen LogP contribution is -2.04. The summed E-state index contributed by atoms with van der Waals surface area (Å²) in [4.78, 5) is 14.0. The van der Waals surface area contributed by atoms with Crippen LogP contribution in [0.2, 0.25) is 0 Å². The fourth-order valence-corrected chi connectivity index (χ4v) is 2.27. The summed E-state index contributed by atoms with van der Waals surface area (Å²) >= 11 is 1.06. The number of aryl methyl sites for hydroxylation is 1. The molecule has 0 atom stereocenters. The van der Waals surface area contributed by atoms with Crippen LogP contribution >= 0.6 is 11.3 Å². The second kappa shape index (κ2) is 5.59. The molecule has 0 unspecified atom stereocenters. The number of hydrogen-bond acceptors (Lipinski definition) is 5. The molecule has 0 aliphatic carbocycles. The molecule has 0 aliphatic heterocycles. The van der Waals surface area contributed by atoms with Crippen molar-refractivity contribution in [3.8, 4) is 0 Å². The maximum absolute atomic E-state index is 10.5. The number of rotatable bonds is 5. The molecule has 0 fully saturated rings. The lowest BCUT2D eigenvalue weighted by atomic mass is 10.1. The van der Waals surface area contributed by atoms with Gasteiger partial charge in [-0.2, -0.15) is 0 Å². The SMILES string of the molecule is Cc1cccc(CCNc2ncc([N+](=O)[O-])s2)c1. The molecule has 0 spiro atoms. The van der Waals surface area contributed by atoms with Crippen molar-refractivity contribution in [3.05, 3.63) is 51.7 Å². The summed E-state index contributed by atoms with van der Waals surface area (Å²) in [6.07, 6.45) is 2.15. The van der Waals surface area contributed by atoms with E-state index in [0.29, 0.717) is 11.7 Å². The van der Waals surface area contributed by atoms with E-state index in [9.17, 15) is 10.1 Å². The Bertz CT molecular complexity index is 554. The molecule has 1 aromatic carbocycles. The van der Waals surface area contributed by atoms with Gasteiger partial charge in [0.1, 0.15) is 6.20 Å². The minimum Gasteiger partial charge on any atom is -0.361 e. The first kappa shape index (κ1) is 12.5. The highest BCUT2D eigenvalue weighted by atomic mass is 32.1. The number of benzene rings is 1. The van der Waals surface area contributed by atoms with Crippen LogP contribution in [0.15, 0.2) is 30.5 Å². The van der Waals surface area contributed by atoms with E-state index in [4.69, 9.17) is 0 Å². The van der Waals surface area contributed by atoms with E-state index in [1.54, 1.807) is 0 Å². The zero-order chi connectivity index (χ0) is 13.0. The predicted octanol–water partition coefficient (Wildman–Crippen LogP) is 3.01. The molecular formula is C12H13N3O2S. The molecule has 0 saturated carbocycles. The van der Waals surface area contributed by atoms with Gasteiger partial charge in [-0.1, -0.05) is 29.8 Å². The lowest BCUT2D eigenvalue weighted by molar-refractivity contribution is -0.380. The van der Waals surface area contributed by atoms with Gasteiger partial charge < -0.3 is 5.32 Å². The van der Waals surface area contributed by atoms with Crippen molar-refractivity contribution in [1.29, 1.82) is 0 Å². The van der Waals surface area contributed by atoms with Gasteiger partial charge in [-0.15, -0.1) is 0 Å². The van der Waals surface area contributed by atoms with E-state index in [1.165, 1.54) is 17.3 Å². The van der Waals surface area contributed by atoms with Gasteiger partial charge in [0.05, 0.1) is 4.92 Å². The quantitative estimate of drug-likeness (QED) is 0.665. The zero-order valence-electron chi connectivity index (χ0n) is 9.92. The molecule has 0 radical (unpaired) electrons. The molecule has 0 bridgehead atoms. The van der Waals surface area contributed by atoms with Crippen LogP contribution in [0.5, 0.6) is 0 Å². The molecule has 2 rings (SSSR count). The van der Waals surface area contributed by atoms with Gasteiger partial charge in [-0.25, -0.2) is 4.98 Å². The Hall–Kier alpha value is -1.95. The normalized spacial score (nSPS) is 10.3. The van der Waals surface area contributed by atoms with Crippen LogP contribution in [0.1, 0.15) is 11.1 Å². The van der Waals surface area contributed by atoms with Crippen molar-refractivity contribution in [2.75, 3.05) is 11.9 Å². The number of nitrogens with zero attached hydrogens (tertiary/aromatic N) is 2. The van der Waals surface area contributed by atoms with E-state index < -0.39 is 4.92 Å². The first-order valence-electron chi connectivity index (χ1n) is 5.55. The molecule has 94 valence electrons. The summed E-state index contributed by atoms with van der Waals surface area (Å²) < 4.78 is 0. The molecule has 2 aromatic rings. The zero-order valence-corrected chi connectivity index (χ0v) is 10.7. The molecule has 0 saturated heterocycles. The molecule has 18 heavy (non-hydrogen) atoms. The van der Waals surface area contributed by atoms with Gasteiger partial charge in [0.25, 0.3) is 0 Å². The summed E-state index contributed by atoms with van der Waals surface area (Å²) in [5.41, 5.74) is 2.48. The Labute approximate surface area is 109 Å². The van der Waals surface area contributed by atoms with Gasteiger partial charge in [0, 0.05) is 6.54 Å². The van der Waals surface area contributed by atoms with E-state index in [0.717, 1.165) is 17.8 Å². The van der Waals surface area contributed by atoms with Gasteiger partial charge in [0.15, 0.2) is 5.13 Å². The maximum Gasteiger partial charge on any atom is 0.345 e. The van der Waals surface area contributed by atoms with Gasteiger partial charge in [0.2, 0.25) is 0 Å². The van der Waals surface area contributed by atoms with Crippen molar-refractivity contribution in [3.63, 3.8) is 0 Å². The average molecular weight is 263 g/mol. The third-order valence-electron chi connectivity index (χ3n) is 2.45. The number of nitro groups is 1. The van der Waals surface area contributed by atoms with Crippen LogP contribution in [0.3, 0.4) is 0 Å². The smallest absolute Gasteiger partial charge is 0.345 e. The number of aromatic nitrogens is 1. The fraction of sp³-hybridized carbons (Fsp3) is 0.250. The molecule has 1 heterocycles. The second-order valence-corrected chi connectivity index (χ2v) is 4.94. The van der Waals surface area contributed by atoms with Crippen LogP contribution in [0.4, 0.5) is 10.1 Å². The second-order valence-electron chi connectivity index (χ2n) is 3.93. The summed E-state index contributed by atoms with van der Waals surface area (Å²) in [5.74, 6) is 0. The van der Waals surface area contributed by atoms with Crippen molar-refractivity contribution in [2.45, 2.75) is 13.3 Å². The van der Waals surface area contributed by atoms with Crippen LogP contribution < -0.4 is 5.32 Å². The number of nitrogens with one attached hydrogen (secondary N) is 1. The fourth-order valence-electron chi connectivity index (χ4n) is 1.61. The van der Waals surface area contributed by atoms with Crippen LogP contribution in [0.25, 0.3) is 0 Å².